The van der Waals surface area contributed by atoms with Crippen molar-refractivity contribution in [1.82, 2.24) is 4.90 Å². The number of anilines is 1. The Hall–Kier alpha value is -3.15. The van der Waals surface area contributed by atoms with Crippen molar-refractivity contribution in [2.24, 2.45) is 0 Å². The highest BCUT2D eigenvalue weighted by Crippen LogP contribution is 2.23. The van der Waals surface area contributed by atoms with Crippen molar-refractivity contribution >= 4 is 23.3 Å². The fourth-order valence-corrected chi connectivity index (χ4v) is 3.93. The highest BCUT2D eigenvalue weighted by atomic mass is 16.5. The smallest absolute Gasteiger partial charge is 0.260 e. The number of Topliss-reactive ketones (excluding diaryl/α,β-unsaturated/α-hetero) is 1. The molecule has 2 aromatic carbocycles. The molecule has 1 heterocycles. The number of carbonyl (C=O) groups excluding carboxylic acids is 3. The summed E-state index contributed by atoms with van der Waals surface area (Å²) >= 11 is 0. The van der Waals surface area contributed by atoms with Gasteiger partial charge in [-0.2, -0.15) is 0 Å². The van der Waals surface area contributed by atoms with Gasteiger partial charge in [-0.15, -0.1) is 0 Å². The van der Waals surface area contributed by atoms with Gasteiger partial charge in [-0.05, 0) is 76.4 Å². The number of para-hydroxylation sites is 1. The Balaban J connectivity index is 1.59. The molecule has 1 fully saturated rings. The Morgan fingerprint density at radius 1 is 1.00 bits per heavy atom. The summed E-state index contributed by atoms with van der Waals surface area (Å²) in [4.78, 5) is 38.7. The molecule has 0 aliphatic carbocycles. The van der Waals surface area contributed by atoms with E-state index in [1.807, 2.05) is 4.90 Å². The summed E-state index contributed by atoms with van der Waals surface area (Å²) < 4.78 is 5.65. The predicted molar refractivity (Wildman–Crippen MR) is 116 cm³/mol. The molecule has 6 heteroatoms. The van der Waals surface area contributed by atoms with E-state index in [0.29, 0.717) is 22.6 Å². The third kappa shape index (κ3) is 5.06. The SMILES string of the molecule is CC(=O)c1ccccc1NC(=O)c1ccc(OCC(=O)N2C(C)CCCC2C)cc1. The molecule has 2 atom stereocenters. The Morgan fingerprint density at radius 2 is 1.63 bits per heavy atom. The first kappa shape index (κ1) is 21.6. The maximum atomic E-state index is 12.6. The van der Waals surface area contributed by atoms with Gasteiger partial charge in [0.25, 0.3) is 11.8 Å². The lowest BCUT2D eigenvalue weighted by atomic mass is 9.97. The van der Waals surface area contributed by atoms with Crippen molar-refractivity contribution in [2.45, 2.75) is 52.1 Å². The molecule has 1 aliphatic heterocycles. The number of hydrogen-bond acceptors (Lipinski definition) is 4. The van der Waals surface area contributed by atoms with Gasteiger partial charge >= 0.3 is 0 Å². The number of benzene rings is 2. The molecule has 158 valence electrons. The number of carbonyl (C=O) groups is 3. The Bertz CT molecular complexity index is 913. The predicted octanol–water partition coefficient (Wildman–Crippen LogP) is 4.31. The van der Waals surface area contributed by atoms with E-state index in [1.54, 1.807) is 48.5 Å². The topological polar surface area (TPSA) is 75.7 Å². The zero-order valence-corrected chi connectivity index (χ0v) is 17.7. The van der Waals surface area contributed by atoms with Gasteiger partial charge in [0.1, 0.15) is 5.75 Å². The highest BCUT2D eigenvalue weighted by Gasteiger charge is 2.29. The van der Waals surface area contributed by atoms with Crippen molar-refractivity contribution in [2.75, 3.05) is 11.9 Å². The van der Waals surface area contributed by atoms with E-state index in [1.165, 1.54) is 6.92 Å². The van der Waals surface area contributed by atoms with E-state index in [2.05, 4.69) is 19.2 Å². The summed E-state index contributed by atoms with van der Waals surface area (Å²) in [5, 5.41) is 2.77. The van der Waals surface area contributed by atoms with Crippen LogP contribution in [0.2, 0.25) is 0 Å². The van der Waals surface area contributed by atoms with Gasteiger partial charge < -0.3 is 15.0 Å². The Labute approximate surface area is 177 Å². The molecule has 6 nitrogen and oxygen atoms in total. The van der Waals surface area contributed by atoms with Crippen molar-refractivity contribution < 1.29 is 19.1 Å². The lowest BCUT2D eigenvalue weighted by molar-refractivity contribution is -0.139. The summed E-state index contributed by atoms with van der Waals surface area (Å²) in [7, 11) is 0. The molecule has 30 heavy (non-hydrogen) atoms. The first-order valence-corrected chi connectivity index (χ1v) is 10.3. The van der Waals surface area contributed by atoms with Crippen LogP contribution in [0.3, 0.4) is 0 Å². The number of piperidine rings is 1. The third-order valence-electron chi connectivity index (χ3n) is 5.51. The van der Waals surface area contributed by atoms with Gasteiger partial charge in [-0.3, -0.25) is 14.4 Å². The molecular formula is C24H28N2O4. The number of ketones is 1. The van der Waals surface area contributed by atoms with E-state index in [4.69, 9.17) is 4.74 Å². The first-order valence-electron chi connectivity index (χ1n) is 10.3. The van der Waals surface area contributed by atoms with Gasteiger partial charge in [-0.25, -0.2) is 0 Å². The first-order chi connectivity index (χ1) is 14.4. The monoisotopic (exact) mass is 408 g/mol. The second kappa shape index (κ2) is 9.57. The zero-order valence-electron chi connectivity index (χ0n) is 17.7. The van der Waals surface area contributed by atoms with Crippen molar-refractivity contribution in [1.29, 1.82) is 0 Å². The summed E-state index contributed by atoms with van der Waals surface area (Å²) in [6.07, 6.45) is 3.19. The summed E-state index contributed by atoms with van der Waals surface area (Å²) in [5.41, 5.74) is 1.38. The van der Waals surface area contributed by atoms with Gasteiger partial charge in [0.05, 0.1) is 5.69 Å². The number of hydrogen-bond donors (Lipinski definition) is 1. The van der Waals surface area contributed by atoms with Crippen LogP contribution in [-0.2, 0) is 4.79 Å². The van der Waals surface area contributed by atoms with Crippen molar-refractivity contribution in [3.05, 3.63) is 59.7 Å². The molecule has 1 aliphatic rings. The van der Waals surface area contributed by atoms with Crippen LogP contribution in [-0.4, -0.2) is 41.2 Å². The van der Waals surface area contributed by atoms with E-state index < -0.39 is 0 Å². The standard InChI is InChI=1S/C24H28N2O4/c1-16-7-6-8-17(2)26(16)23(28)15-30-20-13-11-19(12-14-20)24(29)25-22-10-5-4-9-21(22)18(3)27/h4-5,9-14,16-17H,6-8,15H2,1-3H3,(H,25,29). The van der Waals surface area contributed by atoms with Crippen LogP contribution in [0.4, 0.5) is 5.69 Å². The second-order valence-electron chi connectivity index (χ2n) is 7.80. The van der Waals surface area contributed by atoms with Crippen LogP contribution in [0.25, 0.3) is 0 Å². The van der Waals surface area contributed by atoms with Crippen LogP contribution >= 0.6 is 0 Å². The van der Waals surface area contributed by atoms with Crippen LogP contribution in [0.1, 0.15) is 60.7 Å². The minimum atomic E-state index is -0.317. The van der Waals surface area contributed by atoms with Crippen LogP contribution in [0, 0.1) is 0 Å². The Kier molecular flexibility index (Phi) is 6.87. The fourth-order valence-electron chi connectivity index (χ4n) is 3.93. The number of rotatable bonds is 6. The second-order valence-corrected chi connectivity index (χ2v) is 7.80. The average Bonchev–Trinajstić information content (AvgIpc) is 2.72. The molecule has 0 aromatic heterocycles. The fraction of sp³-hybridized carbons (Fsp3) is 0.375. The summed E-state index contributed by atoms with van der Waals surface area (Å²) in [6.45, 7) is 5.59. The summed E-state index contributed by atoms with van der Waals surface area (Å²) in [5.74, 6) is 0.0812. The molecule has 0 spiro atoms. The highest BCUT2D eigenvalue weighted by molar-refractivity contribution is 6.09. The van der Waals surface area contributed by atoms with Crippen LogP contribution < -0.4 is 10.1 Å². The van der Waals surface area contributed by atoms with E-state index in [0.717, 1.165) is 19.3 Å². The normalized spacial score (nSPS) is 18.6. The molecule has 1 saturated heterocycles. The number of nitrogens with zero attached hydrogens (tertiary/aromatic N) is 1. The van der Waals surface area contributed by atoms with Crippen LogP contribution in [0.15, 0.2) is 48.5 Å². The molecule has 3 rings (SSSR count). The lowest BCUT2D eigenvalue weighted by Gasteiger charge is -2.38. The van der Waals surface area contributed by atoms with Gasteiger partial charge in [0.2, 0.25) is 0 Å². The minimum absolute atomic E-state index is 0.0163. The van der Waals surface area contributed by atoms with Gasteiger partial charge in [-0.1, -0.05) is 12.1 Å². The summed E-state index contributed by atoms with van der Waals surface area (Å²) in [6, 6.07) is 14.0. The molecule has 2 aromatic rings. The molecule has 0 saturated carbocycles. The van der Waals surface area contributed by atoms with Crippen molar-refractivity contribution in [3.8, 4) is 5.75 Å². The van der Waals surface area contributed by atoms with E-state index >= 15 is 0 Å². The van der Waals surface area contributed by atoms with E-state index in [-0.39, 0.29) is 36.3 Å². The quantitative estimate of drug-likeness (QED) is 0.723. The van der Waals surface area contributed by atoms with E-state index in [9.17, 15) is 14.4 Å². The van der Waals surface area contributed by atoms with Crippen molar-refractivity contribution in [3.63, 3.8) is 0 Å². The number of amides is 2. The Morgan fingerprint density at radius 3 is 2.27 bits per heavy atom. The molecule has 1 N–H and O–H groups in total. The number of likely N-dealkylation sites (tertiary alicyclic amines) is 1. The molecule has 2 unspecified atom stereocenters. The number of nitrogens with one attached hydrogen (secondary N) is 1. The van der Waals surface area contributed by atoms with Crippen LogP contribution in [0.5, 0.6) is 5.75 Å². The zero-order chi connectivity index (χ0) is 21.7. The largest absolute Gasteiger partial charge is 0.484 e. The molecule has 2 amide bonds. The minimum Gasteiger partial charge on any atom is -0.484 e. The molecular weight excluding hydrogens is 380 g/mol. The average molecular weight is 408 g/mol. The maximum Gasteiger partial charge on any atom is 0.260 e. The van der Waals surface area contributed by atoms with Gasteiger partial charge in [0, 0.05) is 23.2 Å². The molecule has 0 radical (unpaired) electrons. The number of ether oxygens (including phenoxy) is 1. The third-order valence-corrected chi connectivity index (χ3v) is 5.51. The maximum absolute atomic E-state index is 12.6. The lowest BCUT2D eigenvalue weighted by Crippen LogP contribution is -2.49. The van der Waals surface area contributed by atoms with Gasteiger partial charge in [0.15, 0.2) is 12.4 Å². The molecule has 0 bridgehead atoms.